The Morgan fingerprint density at radius 2 is 2.26 bits per heavy atom. The molecule has 0 aromatic heterocycles. The molecule has 1 fully saturated rings. The monoisotopic (exact) mass is 263 g/mol. The molecule has 1 unspecified atom stereocenters. The molecular weight excluding hydrogens is 242 g/mol. The molecule has 1 heterocycles. The first-order valence-electron chi connectivity index (χ1n) is 6.65. The molecule has 0 amide bonds. The Labute approximate surface area is 114 Å². The van der Waals surface area contributed by atoms with E-state index in [2.05, 4.69) is 0 Å². The van der Waals surface area contributed by atoms with Gasteiger partial charge in [0.1, 0.15) is 0 Å². The highest BCUT2D eigenvalue weighted by molar-refractivity contribution is 5.98. The molecule has 0 aliphatic carbocycles. The Bertz CT molecular complexity index is 459. The Morgan fingerprint density at radius 1 is 1.47 bits per heavy atom. The van der Waals surface area contributed by atoms with Crippen LogP contribution in [0, 0.1) is 13.8 Å². The largest absolute Gasteiger partial charge is 0.394 e. The maximum Gasteiger partial charge on any atom is 0.177 e. The molecule has 1 saturated heterocycles. The maximum atomic E-state index is 12.3. The van der Waals surface area contributed by atoms with Gasteiger partial charge in [-0.05, 0) is 19.4 Å². The fourth-order valence-corrected chi connectivity index (χ4v) is 2.45. The van der Waals surface area contributed by atoms with E-state index < -0.39 is 0 Å². The van der Waals surface area contributed by atoms with E-state index in [1.807, 2.05) is 36.9 Å². The van der Waals surface area contributed by atoms with Gasteiger partial charge in [0.25, 0.3) is 0 Å². The number of hydrogen-bond donors (Lipinski definition) is 1. The Kier molecular flexibility index (Phi) is 4.69. The number of carbonyl (C=O) groups is 1. The summed E-state index contributed by atoms with van der Waals surface area (Å²) in [4.78, 5) is 14.3. The molecular formula is C15H21NO3. The number of aliphatic hydroxyl groups is 1. The number of aryl methyl sites for hydroxylation is 2. The number of nitrogens with zero attached hydrogens (tertiary/aromatic N) is 1. The zero-order valence-corrected chi connectivity index (χ0v) is 11.6. The van der Waals surface area contributed by atoms with Crippen molar-refractivity contribution in [3.8, 4) is 0 Å². The van der Waals surface area contributed by atoms with Crippen molar-refractivity contribution in [2.24, 2.45) is 0 Å². The van der Waals surface area contributed by atoms with Gasteiger partial charge in [-0.25, -0.2) is 0 Å². The first-order chi connectivity index (χ1) is 9.10. The average Bonchev–Trinajstić information content (AvgIpc) is 2.38. The van der Waals surface area contributed by atoms with Gasteiger partial charge in [-0.3, -0.25) is 9.69 Å². The number of carbonyl (C=O) groups excluding carboxylic acids is 1. The molecule has 2 rings (SSSR count). The van der Waals surface area contributed by atoms with Crippen LogP contribution in [0.15, 0.2) is 18.2 Å². The van der Waals surface area contributed by atoms with Gasteiger partial charge in [0.05, 0.1) is 25.9 Å². The number of hydrogen-bond acceptors (Lipinski definition) is 4. The van der Waals surface area contributed by atoms with Crippen LogP contribution in [0.3, 0.4) is 0 Å². The van der Waals surface area contributed by atoms with Crippen LogP contribution < -0.4 is 0 Å². The molecule has 1 N–H and O–H groups in total. The standard InChI is InChI=1S/C15H21NO3/c1-11-3-4-14(12(2)7-11)15(18)9-16-5-6-19-13(8-16)10-17/h3-4,7,13,17H,5-6,8-10H2,1-2H3. The van der Waals surface area contributed by atoms with Gasteiger partial charge in [-0.2, -0.15) is 0 Å². The van der Waals surface area contributed by atoms with E-state index in [-0.39, 0.29) is 18.5 Å². The zero-order chi connectivity index (χ0) is 13.8. The summed E-state index contributed by atoms with van der Waals surface area (Å²) in [5.74, 6) is 0.135. The van der Waals surface area contributed by atoms with Crippen molar-refractivity contribution in [3.63, 3.8) is 0 Å². The van der Waals surface area contributed by atoms with Crippen LogP contribution >= 0.6 is 0 Å². The molecule has 0 radical (unpaired) electrons. The van der Waals surface area contributed by atoms with Crippen LogP contribution in [0.5, 0.6) is 0 Å². The van der Waals surface area contributed by atoms with Gasteiger partial charge in [0.15, 0.2) is 5.78 Å². The smallest absolute Gasteiger partial charge is 0.177 e. The second kappa shape index (κ2) is 6.28. The summed E-state index contributed by atoms with van der Waals surface area (Å²) in [7, 11) is 0. The van der Waals surface area contributed by atoms with Crippen LogP contribution in [0.4, 0.5) is 0 Å². The van der Waals surface area contributed by atoms with Gasteiger partial charge in [-0.15, -0.1) is 0 Å². The summed E-state index contributed by atoms with van der Waals surface area (Å²) in [5.41, 5.74) is 2.98. The number of aliphatic hydroxyl groups excluding tert-OH is 1. The number of Topliss-reactive ketones (excluding diaryl/α,β-unsaturated/α-hetero) is 1. The predicted octanol–water partition coefficient (Wildman–Crippen LogP) is 1.18. The van der Waals surface area contributed by atoms with Gasteiger partial charge in [-0.1, -0.05) is 23.8 Å². The van der Waals surface area contributed by atoms with Crippen molar-refractivity contribution in [2.75, 3.05) is 32.8 Å². The minimum atomic E-state index is -0.166. The summed E-state index contributed by atoms with van der Waals surface area (Å²) >= 11 is 0. The summed E-state index contributed by atoms with van der Waals surface area (Å²) in [6.07, 6.45) is -0.166. The van der Waals surface area contributed by atoms with Crippen molar-refractivity contribution >= 4 is 5.78 Å². The molecule has 1 aliphatic heterocycles. The van der Waals surface area contributed by atoms with E-state index in [1.54, 1.807) is 0 Å². The Balaban J connectivity index is 2.00. The van der Waals surface area contributed by atoms with E-state index in [1.165, 1.54) is 5.56 Å². The first-order valence-corrected chi connectivity index (χ1v) is 6.65. The van der Waals surface area contributed by atoms with Crippen LogP contribution in [-0.2, 0) is 4.74 Å². The lowest BCUT2D eigenvalue weighted by molar-refractivity contribution is -0.0503. The van der Waals surface area contributed by atoms with Crippen LogP contribution in [0.2, 0.25) is 0 Å². The van der Waals surface area contributed by atoms with Gasteiger partial charge < -0.3 is 9.84 Å². The van der Waals surface area contributed by atoms with Crippen molar-refractivity contribution in [2.45, 2.75) is 20.0 Å². The van der Waals surface area contributed by atoms with E-state index >= 15 is 0 Å². The normalized spacial score (nSPS) is 20.5. The summed E-state index contributed by atoms with van der Waals surface area (Å²) in [6, 6.07) is 5.90. The third kappa shape index (κ3) is 3.62. The molecule has 0 spiro atoms. The predicted molar refractivity (Wildman–Crippen MR) is 73.5 cm³/mol. The van der Waals surface area contributed by atoms with E-state index in [0.29, 0.717) is 19.7 Å². The lowest BCUT2D eigenvalue weighted by Gasteiger charge is -2.31. The van der Waals surface area contributed by atoms with Gasteiger partial charge in [0, 0.05) is 18.7 Å². The number of rotatable bonds is 4. The second-order valence-electron chi connectivity index (χ2n) is 5.15. The molecule has 0 saturated carbocycles. The molecule has 1 aliphatic rings. The minimum absolute atomic E-state index is 0.00818. The summed E-state index contributed by atoms with van der Waals surface area (Å²) < 4.78 is 5.38. The van der Waals surface area contributed by atoms with Crippen LogP contribution in [0.1, 0.15) is 21.5 Å². The highest BCUT2D eigenvalue weighted by atomic mass is 16.5. The maximum absolute atomic E-state index is 12.3. The third-order valence-electron chi connectivity index (χ3n) is 3.48. The minimum Gasteiger partial charge on any atom is -0.394 e. The Hall–Kier alpha value is -1.23. The number of ether oxygens (including phenoxy) is 1. The van der Waals surface area contributed by atoms with Crippen molar-refractivity contribution < 1.29 is 14.6 Å². The molecule has 19 heavy (non-hydrogen) atoms. The quantitative estimate of drug-likeness (QED) is 0.829. The van der Waals surface area contributed by atoms with Gasteiger partial charge >= 0.3 is 0 Å². The lowest BCUT2D eigenvalue weighted by atomic mass is 10.0. The van der Waals surface area contributed by atoms with Crippen LogP contribution in [0.25, 0.3) is 0 Å². The molecule has 4 nitrogen and oxygen atoms in total. The topological polar surface area (TPSA) is 49.8 Å². The Morgan fingerprint density at radius 3 is 2.95 bits per heavy atom. The number of morpholine rings is 1. The molecule has 1 aromatic rings. The number of benzene rings is 1. The second-order valence-corrected chi connectivity index (χ2v) is 5.15. The first kappa shape index (κ1) is 14.2. The van der Waals surface area contributed by atoms with E-state index in [0.717, 1.165) is 17.7 Å². The molecule has 104 valence electrons. The lowest BCUT2D eigenvalue weighted by Crippen LogP contribution is -2.46. The highest BCUT2D eigenvalue weighted by Gasteiger charge is 2.22. The number of ketones is 1. The molecule has 1 aromatic carbocycles. The average molecular weight is 263 g/mol. The van der Waals surface area contributed by atoms with Crippen molar-refractivity contribution in [3.05, 3.63) is 34.9 Å². The van der Waals surface area contributed by atoms with E-state index in [4.69, 9.17) is 9.84 Å². The SMILES string of the molecule is Cc1ccc(C(=O)CN2CCOC(CO)C2)c(C)c1. The fraction of sp³-hybridized carbons (Fsp3) is 0.533. The van der Waals surface area contributed by atoms with Crippen LogP contribution in [-0.4, -0.2) is 54.7 Å². The molecule has 1 atom stereocenters. The van der Waals surface area contributed by atoms with E-state index in [9.17, 15) is 4.79 Å². The van der Waals surface area contributed by atoms with Crippen molar-refractivity contribution in [1.29, 1.82) is 0 Å². The fourth-order valence-electron chi connectivity index (χ4n) is 2.45. The highest BCUT2D eigenvalue weighted by Crippen LogP contribution is 2.13. The summed E-state index contributed by atoms with van der Waals surface area (Å²) in [5, 5.41) is 9.10. The molecule has 4 heteroatoms. The summed E-state index contributed by atoms with van der Waals surface area (Å²) in [6.45, 7) is 6.33. The van der Waals surface area contributed by atoms with Gasteiger partial charge in [0.2, 0.25) is 0 Å². The molecule has 0 bridgehead atoms. The third-order valence-corrected chi connectivity index (χ3v) is 3.48. The zero-order valence-electron chi connectivity index (χ0n) is 11.6. The van der Waals surface area contributed by atoms with Crippen molar-refractivity contribution in [1.82, 2.24) is 4.90 Å².